The summed E-state index contributed by atoms with van der Waals surface area (Å²) in [5.41, 5.74) is -1.49. The van der Waals surface area contributed by atoms with Gasteiger partial charge in [-0.05, 0) is 25.2 Å². The van der Waals surface area contributed by atoms with E-state index in [1.807, 2.05) is 0 Å². The smallest absolute Gasteiger partial charge is 0.265 e. The molecule has 1 fully saturated rings. The fraction of sp³-hybridized carbons (Fsp3) is 0.692. The molecular formula is C13H18N4O2S. The summed E-state index contributed by atoms with van der Waals surface area (Å²) >= 11 is 1.43. The number of hydrogen-bond acceptors (Lipinski definition) is 5. The van der Waals surface area contributed by atoms with Gasteiger partial charge < -0.3 is 0 Å². The second kappa shape index (κ2) is 6.27. The first-order chi connectivity index (χ1) is 9.55. The van der Waals surface area contributed by atoms with Gasteiger partial charge in [0.05, 0.1) is 12.0 Å². The van der Waals surface area contributed by atoms with Crippen LogP contribution in [0.1, 0.15) is 32.6 Å². The van der Waals surface area contributed by atoms with Crippen LogP contribution in [0.25, 0.3) is 0 Å². The fourth-order valence-electron chi connectivity index (χ4n) is 2.56. The minimum atomic E-state index is -0.776. The molecule has 3 unspecified atom stereocenters. The molecule has 1 aromatic heterocycles. The van der Waals surface area contributed by atoms with E-state index in [9.17, 15) is 14.9 Å². The quantitative estimate of drug-likeness (QED) is 0.848. The molecule has 2 rings (SSSR count). The maximum atomic E-state index is 11.4. The predicted octanol–water partition coefficient (Wildman–Crippen LogP) is 1.28. The van der Waals surface area contributed by atoms with Crippen LogP contribution in [0.3, 0.4) is 0 Å². The molecule has 0 radical (unpaired) electrons. The van der Waals surface area contributed by atoms with Crippen molar-refractivity contribution >= 4 is 11.8 Å². The van der Waals surface area contributed by atoms with E-state index in [4.69, 9.17) is 0 Å². The van der Waals surface area contributed by atoms with Crippen LogP contribution in [0.5, 0.6) is 0 Å². The molecule has 1 N–H and O–H groups in total. The summed E-state index contributed by atoms with van der Waals surface area (Å²) in [7, 11) is 1.65. The Balaban J connectivity index is 2.23. The largest absolute Gasteiger partial charge is 0.339 e. The summed E-state index contributed by atoms with van der Waals surface area (Å²) < 4.78 is 1.46. The zero-order chi connectivity index (χ0) is 14.7. The molecule has 1 aliphatic carbocycles. The number of hydrogen-bond donors (Lipinski definition) is 1. The number of aryl methyl sites for hydroxylation is 1. The minimum Gasteiger partial charge on any atom is -0.265 e. The Morgan fingerprint density at radius 3 is 2.90 bits per heavy atom. The van der Waals surface area contributed by atoms with Gasteiger partial charge in [0.1, 0.15) is 0 Å². The van der Waals surface area contributed by atoms with Crippen molar-refractivity contribution in [3.8, 4) is 6.07 Å². The van der Waals surface area contributed by atoms with Crippen LogP contribution >= 0.6 is 11.8 Å². The molecule has 1 heterocycles. The van der Waals surface area contributed by atoms with Gasteiger partial charge in [0, 0.05) is 12.3 Å². The monoisotopic (exact) mass is 294 g/mol. The Morgan fingerprint density at radius 1 is 1.50 bits per heavy atom. The van der Waals surface area contributed by atoms with E-state index in [0.29, 0.717) is 11.1 Å². The number of H-pyrrole nitrogens is 1. The number of rotatable bonds is 3. The first kappa shape index (κ1) is 14.9. The number of aromatic amines is 1. The topological polar surface area (TPSA) is 91.5 Å². The summed E-state index contributed by atoms with van der Waals surface area (Å²) in [5.74, 6) is 0.600. The van der Waals surface area contributed by atoms with Gasteiger partial charge in [-0.2, -0.15) is 10.2 Å². The lowest BCUT2D eigenvalue weighted by Gasteiger charge is -2.31. The molecule has 1 saturated carbocycles. The molecule has 6 nitrogen and oxygen atoms in total. The SMILES string of the molecule is CCC1CCC(C#N)C(Sc2nc(=O)c(=O)[nH]n2C)C1. The molecule has 3 atom stereocenters. The summed E-state index contributed by atoms with van der Waals surface area (Å²) in [6.45, 7) is 2.16. The lowest BCUT2D eigenvalue weighted by Crippen LogP contribution is -2.35. The van der Waals surface area contributed by atoms with Gasteiger partial charge in [-0.15, -0.1) is 0 Å². The van der Waals surface area contributed by atoms with Crippen molar-refractivity contribution in [2.24, 2.45) is 18.9 Å². The van der Waals surface area contributed by atoms with Gasteiger partial charge in [0.25, 0.3) is 0 Å². The molecule has 1 aliphatic rings. The van der Waals surface area contributed by atoms with Crippen LogP contribution in [0.15, 0.2) is 14.7 Å². The van der Waals surface area contributed by atoms with Crippen molar-refractivity contribution in [2.75, 3.05) is 0 Å². The summed E-state index contributed by atoms with van der Waals surface area (Å²) in [4.78, 5) is 26.4. The highest BCUT2D eigenvalue weighted by Gasteiger charge is 2.31. The van der Waals surface area contributed by atoms with Crippen molar-refractivity contribution in [2.45, 2.75) is 43.0 Å². The van der Waals surface area contributed by atoms with Gasteiger partial charge in [-0.3, -0.25) is 19.4 Å². The number of thioether (sulfide) groups is 1. The Hall–Kier alpha value is -1.55. The molecule has 0 spiro atoms. The predicted molar refractivity (Wildman–Crippen MR) is 76.5 cm³/mol. The molecule has 0 amide bonds. The zero-order valence-electron chi connectivity index (χ0n) is 11.6. The van der Waals surface area contributed by atoms with Crippen LogP contribution in [0.2, 0.25) is 0 Å². The molecule has 1 aromatic rings. The number of nitrogens with zero attached hydrogens (tertiary/aromatic N) is 3. The average molecular weight is 294 g/mol. The van der Waals surface area contributed by atoms with E-state index < -0.39 is 11.1 Å². The van der Waals surface area contributed by atoms with Crippen LogP contribution < -0.4 is 11.1 Å². The third-order valence-electron chi connectivity index (χ3n) is 3.85. The normalized spacial score (nSPS) is 26.1. The van der Waals surface area contributed by atoms with Crippen LogP contribution in [0.4, 0.5) is 0 Å². The first-order valence-electron chi connectivity index (χ1n) is 6.78. The Bertz CT molecular complexity index is 630. The van der Waals surface area contributed by atoms with Crippen molar-refractivity contribution in [3.05, 3.63) is 20.7 Å². The van der Waals surface area contributed by atoms with E-state index in [1.165, 1.54) is 16.4 Å². The third-order valence-corrected chi connectivity index (χ3v) is 5.25. The molecule has 20 heavy (non-hydrogen) atoms. The van der Waals surface area contributed by atoms with Crippen LogP contribution in [-0.2, 0) is 7.05 Å². The van der Waals surface area contributed by atoms with E-state index in [0.717, 1.165) is 25.7 Å². The highest BCUT2D eigenvalue weighted by Crippen LogP contribution is 2.39. The highest BCUT2D eigenvalue weighted by atomic mass is 32.2. The van der Waals surface area contributed by atoms with E-state index in [-0.39, 0.29) is 11.2 Å². The van der Waals surface area contributed by atoms with Crippen molar-refractivity contribution < 1.29 is 0 Å². The lowest BCUT2D eigenvalue weighted by molar-refractivity contribution is 0.316. The van der Waals surface area contributed by atoms with Crippen LogP contribution in [-0.4, -0.2) is 20.0 Å². The molecule has 0 aliphatic heterocycles. The summed E-state index contributed by atoms with van der Waals surface area (Å²) in [6, 6.07) is 2.36. The number of nitrogens with one attached hydrogen (secondary N) is 1. The summed E-state index contributed by atoms with van der Waals surface area (Å²) in [5, 5.41) is 12.3. The summed E-state index contributed by atoms with van der Waals surface area (Å²) in [6.07, 6.45) is 4.04. The Labute approximate surface area is 121 Å². The number of nitriles is 1. The minimum absolute atomic E-state index is 0.0216. The second-order valence-electron chi connectivity index (χ2n) is 5.18. The fourth-order valence-corrected chi connectivity index (χ4v) is 3.90. The second-order valence-corrected chi connectivity index (χ2v) is 6.39. The van der Waals surface area contributed by atoms with Gasteiger partial charge in [-0.1, -0.05) is 25.1 Å². The average Bonchev–Trinajstić information content (AvgIpc) is 2.44. The molecule has 7 heteroatoms. The molecule has 108 valence electrons. The van der Waals surface area contributed by atoms with Crippen molar-refractivity contribution in [3.63, 3.8) is 0 Å². The van der Waals surface area contributed by atoms with Crippen molar-refractivity contribution in [1.82, 2.24) is 14.8 Å². The standard InChI is InChI=1S/C13H18N4O2S/c1-3-8-4-5-9(7-14)10(6-8)20-13-15-11(18)12(19)16-17(13)2/h8-10H,3-6H2,1-2H3,(H,16,19). The molecular weight excluding hydrogens is 276 g/mol. The highest BCUT2D eigenvalue weighted by molar-refractivity contribution is 7.99. The lowest BCUT2D eigenvalue weighted by atomic mass is 9.81. The maximum Gasteiger partial charge on any atom is 0.339 e. The molecule has 0 aromatic carbocycles. The first-order valence-corrected chi connectivity index (χ1v) is 7.66. The Morgan fingerprint density at radius 2 is 2.25 bits per heavy atom. The van der Waals surface area contributed by atoms with E-state index in [1.54, 1.807) is 7.05 Å². The van der Waals surface area contributed by atoms with Gasteiger partial charge in [0.2, 0.25) is 0 Å². The third kappa shape index (κ3) is 3.12. The zero-order valence-corrected chi connectivity index (χ0v) is 12.4. The van der Waals surface area contributed by atoms with E-state index >= 15 is 0 Å². The number of aromatic nitrogens is 3. The maximum absolute atomic E-state index is 11.4. The van der Waals surface area contributed by atoms with E-state index in [2.05, 4.69) is 23.1 Å². The molecule has 0 bridgehead atoms. The van der Waals surface area contributed by atoms with Gasteiger partial charge in [0.15, 0.2) is 5.16 Å². The van der Waals surface area contributed by atoms with Gasteiger partial charge >= 0.3 is 11.1 Å². The molecule has 0 saturated heterocycles. The van der Waals surface area contributed by atoms with Crippen LogP contribution in [0, 0.1) is 23.2 Å². The Kier molecular flexibility index (Phi) is 4.65. The van der Waals surface area contributed by atoms with Crippen molar-refractivity contribution in [1.29, 1.82) is 5.26 Å². The van der Waals surface area contributed by atoms with Gasteiger partial charge in [-0.25, -0.2) is 0 Å².